The Balaban J connectivity index is 2.33. The summed E-state index contributed by atoms with van der Waals surface area (Å²) in [6.45, 7) is 1.86. The number of nitrogen functional groups attached to an aromatic ring is 1. The van der Waals surface area contributed by atoms with Gasteiger partial charge >= 0.3 is 0 Å². The lowest BCUT2D eigenvalue weighted by Gasteiger charge is -2.09. The van der Waals surface area contributed by atoms with Crippen LogP contribution in [0.4, 0.5) is 21.8 Å². The van der Waals surface area contributed by atoms with Crippen LogP contribution in [0.3, 0.4) is 0 Å². The Morgan fingerprint density at radius 2 is 2.18 bits per heavy atom. The maximum Gasteiger partial charge on any atom is 0.229 e. The van der Waals surface area contributed by atoms with E-state index in [9.17, 15) is 4.39 Å². The van der Waals surface area contributed by atoms with Gasteiger partial charge in [-0.15, -0.1) is 0 Å². The highest BCUT2D eigenvalue weighted by atomic mass is 79.9. The summed E-state index contributed by atoms with van der Waals surface area (Å²) >= 11 is 3.12. The number of nitrogens with two attached hydrogens (primary N) is 1. The Kier molecular flexibility index (Phi) is 3.23. The molecule has 0 aliphatic carbocycles. The summed E-state index contributed by atoms with van der Waals surface area (Å²) in [5.41, 5.74) is 7.02. The number of halogens is 2. The highest BCUT2D eigenvalue weighted by Crippen LogP contribution is 2.25. The predicted molar refractivity (Wildman–Crippen MR) is 68.6 cm³/mol. The first-order valence-corrected chi connectivity index (χ1v) is 5.67. The fraction of sp³-hybridized carbons (Fsp3) is 0.0909. The van der Waals surface area contributed by atoms with Crippen LogP contribution in [0.5, 0.6) is 0 Å². The van der Waals surface area contributed by atoms with E-state index in [4.69, 9.17) is 5.73 Å². The zero-order chi connectivity index (χ0) is 12.4. The molecule has 0 unspecified atom stereocenters. The molecule has 1 heterocycles. The van der Waals surface area contributed by atoms with E-state index in [1.165, 1.54) is 12.3 Å². The first-order chi connectivity index (χ1) is 8.06. The largest absolute Gasteiger partial charge is 0.384 e. The molecule has 0 spiro atoms. The van der Waals surface area contributed by atoms with Crippen molar-refractivity contribution < 1.29 is 4.39 Å². The normalized spacial score (nSPS) is 10.3. The number of aryl methyl sites for hydroxylation is 1. The molecular weight excluding hydrogens is 287 g/mol. The van der Waals surface area contributed by atoms with Crippen molar-refractivity contribution in [2.24, 2.45) is 0 Å². The molecule has 0 radical (unpaired) electrons. The molecule has 2 rings (SSSR count). The van der Waals surface area contributed by atoms with Crippen LogP contribution in [0.1, 0.15) is 5.56 Å². The molecule has 3 N–H and O–H groups in total. The summed E-state index contributed by atoms with van der Waals surface area (Å²) in [5, 5.41) is 2.92. The summed E-state index contributed by atoms with van der Waals surface area (Å²) in [4.78, 5) is 7.97. The van der Waals surface area contributed by atoms with Crippen molar-refractivity contribution in [1.29, 1.82) is 0 Å². The third-order valence-corrected chi connectivity index (χ3v) is 2.80. The quantitative estimate of drug-likeness (QED) is 0.894. The molecule has 0 fully saturated rings. The first kappa shape index (κ1) is 11.8. The second-order valence-electron chi connectivity index (χ2n) is 3.51. The van der Waals surface area contributed by atoms with Gasteiger partial charge in [0.05, 0.1) is 4.47 Å². The van der Waals surface area contributed by atoms with Gasteiger partial charge in [-0.1, -0.05) is 0 Å². The van der Waals surface area contributed by atoms with Crippen LogP contribution in [0.2, 0.25) is 0 Å². The fourth-order valence-corrected chi connectivity index (χ4v) is 1.79. The topological polar surface area (TPSA) is 63.8 Å². The van der Waals surface area contributed by atoms with Gasteiger partial charge in [0.25, 0.3) is 0 Å². The zero-order valence-electron chi connectivity index (χ0n) is 9.04. The highest BCUT2D eigenvalue weighted by Gasteiger charge is 2.06. The molecular formula is C11H10BrFN4. The molecule has 1 aromatic heterocycles. The molecule has 0 saturated carbocycles. The van der Waals surface area contributed by atoms with Crippen LogP contribution in [0, 0.1) is 12.7 Å². The van der Waals surface area contributed by atoms with Crippen molar-refractivity contribution in [2.75, 3.05) is 11.1 Å². The van der Waals surface area contributed by atoms with Crippen molar-refractivity contribution in [3.8, 4) is 0 Å². The highest BCUT2D eigenvalue weighted by molar-refractivity contribution is 9.10. The average Bonchev–Trinajstić information content (AvgIpc) is 2.26. The number of rotatable bonds is 2. The lowest BCUT2D eigenvalue weighted by atomic mass is 10.2. The van der Waals surface area contributed by atoms with E-state index in [0.717, 1.165) is 5.56 Å². The Morgan fingerprint density at radius 3 is 2.88 bits per heavy atom. The minimum atomic E-state index is -0.345. The summed E-state index contributed by atoms with van der Waals surface area (Å²) < 4.78 is 13.8. The van der Waals surface area contributed by atoms with Gasteiger partial charge in [0.1, 0.15) is 11.6 Å². The van der Waals surface area contributed by atoms with E-state index >= 15 is 0 Å². The number of hydrogen-bond acceptors (Lipinski definition) is 4. The van der Waals surface area contributed by atoms with Gasteiger partial charge in [-0.3, -0.25) is 0 Å². The van der Waals surface area contributed by atoms with Crippen LogP contribution in [0.25, 0.3) is 0 Å². The number of hydrogen-bond donors (Lipinski definition) is 2. The maximum absolute atomic E-state index is 13.4. The summed E-state index contributed by atoms with van der Waals surface area (Å²) in [5.74, 6) is 0.356. The molecule has 6 heteroatoms. The average molecular weight is 297 g/mol. The summed E-state index contributed by atoms with van der Waals surface area (Å²) in [6.07, 6.45) is 1.54. The Labute approximate surface area is 106 Å². The molecule has 0 aliphatic heterocycles. The fourth-order valence-electron chi connectivity index (χ4n) is 1.33. The molecule has 0 aliphatic rings. The molecule has 1 aromatic carbocycles. The smallest absolute Gasteiger partial charge is 0.229 e. The molecule has 88 valence electrons. The lowest BCUT2D eigenvalue weighted by molar-refractivity contribution is 0.621. The Hall–Kier alpha value is -1.69. The predicted octanol–water partition coefficient (Wildman–Crippen LogP) is 3.01. The Bertz CT molecular complexity index is 559. The maximum atomic E-state index is 13.4. The second-order valence-corrected chi connectivity index (χ2v) is 4.37. The first-order valence-electron chi connectivity index (χ1n) is 4.87. The molecule has 0 atom stereocenters. The van der Waals surface area contributed by atoms with Crippen molar-refractivity contribution >= 4 is 33.4 Å². The summed E-state index contributed by atoms with van der Waals surface area (Å²) in [6, 6.07) is 4.65. The standard InChI is InChI=1S/C11H10BrFN4/c1-6-4-7(12)8(13)5-9(6)16-11-15-3-2-10(14)17-11/h2-5H,1H3,(H3,14,15,16,17). The number of nitrogens with zero attached hydrogens (tertiary/aromatic N) is 2. The van der Waals surface area contributed by atoms with E-state index in [1.807, 2.05) is 6.92 Å². The van der Waals surface area contributed by atoms with Gasteiger partial charge in [0.15, 0.2) is 0 Å². The van der Waals surface area contributed by atoms with Crippen molar-refractivity contribution in [3.05, 3.63) is 40.2 Å². The van der Waals surface area contributed by atoms with Crippen LogP contribution < -0.4 is 11.1 Å². The Morgan fingerprint density at radius 1 is 1.41 bits per heavy atom. The van der Waals surface area contributed by atoms with Crippen molar-refractivity contribution in [2.45, 2.75) is 6.92 Å². The summed E-state index contributed by atoms with van der Waals surface area (Å²) in [7, 11) is 0. The zero-order valence-corrected chi connectivity index (χ0v) is 10.6. The van der Waals surface area contributed by atoms with E-state index in [0.29, 0.717) is 21.9 Å². The SMILES string of the molecule is Cc1cc(Br)c(F)cc1Nc1nccc(N)n1. The van der Waals surface area contributed by atoms with Gasteiger partial charge in [-0.05, 0) is 46.6 Å². The van der Waals surface area contributed by atoms with Gasteiger partial charge in [0, 0.05) is 11.9 Å². The van der Waals surface area contributed by atoms with Gasteiger partial charge in [0.2, 0.25) is 5.95 Å². The molecule has 2 aromatic rings. The lowest BCUT2D eigenvalue weighted by Crippen LogP contribution is -2.01. The monoisotopic (exact) mass is 296 g/mol. The van der Waals surface area contributed by atoms with E-state index in [2.05, 4.69) is 31.2 Å². The van der Waals surface area contributed by atoms with Crippen LogP contribution in [-0.4, -0.2) is 9.97 Å². The van der Waals surface area contributed by atoms with E-state index < -0.39 is 0 Å². The third-order valence-electron chi connectivity index (χ3n) is 2.19. The van der Waals surface area contributed by atoms with Crippen LogP contribution in [-0.2, 0) is 0 Å². The van der Waals surface area contributed by atoms with Crippen molar-refractivity contribution in [1.82, 2.24) is 9.97 Å². The van der Waals surface area contributed by atoms with Crippen LogP contribution in [0.15, 0.2) is 28.9 Å². The number of anilines is 3. The second kappa shape index (κ2) is 4.67. The number of benzene rings is 1. The van der Waals surface area contributed by atoms with Crippen molar-refractivity contribution in [3.63, 3.8) is 0 Å². The van der Waals surface area contributed by atoms with Crippen LogP contribution >= 0.6 is 15.9 Å². The number of nitrogens with one attached hydrogen (secondary N) is 1. The van der Waals surface area contributed by atoms with Gasteiger partial charge in [-0.25, -0.2) is 9.37 Å². The molecule has 0 saturated heterocycles. The minimum absolute atomic E-state index is 0.342. The number of aromatic nitrogens is 2. The molecule has 0 amide bonds. The van der Waals surface area contributed by atoms with E-state index in [1.54, 1.807) is 12.1 Å². The molecule has 17 heavy (non-hydrogen) atoms. The molecule has 0 bridgehead atoms. The van der Waals surface area contributed by atoms with E-state index in [-0.39, 0.29) is 5.82 Å². The van der Waals surface area contributed by atoms with Gasteiger partial charge in [-0.2, -0.15) is 4.98 Å². The minimum Gasteiger partial charge on any atom is -0.384 e. The third kappa shape index (κ3) is 2.71. The van der Waals surface area contributed by atoms with Gasteiger partial charge < -0.3 is 11.1 Å². The molecule has 4 nitrogen and oxygen atoms in total.